The number of hydrogen-bond acceptors (Lipinski definition) is 3. The molecule has 18 heavy (non-hydrogen) atoms. The first-order valence-corrected chi connectivity index (χ1v) is 6.85. The fourth-order valence-corrected chi connectivity index (χ4v) is 2.89. The van der Waals surface area contributed by atoms with E-state index in [9.17, 15) is 5.11 Å². The summed E-state index contributed by atoms with van der Waals surface area (Å²) in [7, 11) is 1.64. The van der Waals surface area contributed by atoms with E-state index in [-0.39, 0.29) is 0 Å². The van der Waals surface area contributed by atoms with Gasteiger partial charge in [0.15, 0.2) is 0 Å². The van der Waals surface area contributed by atoms with Crippen LogP contribution in [0.4, 0.5) is 0 Å². The molecule has 0 saturated carbocycles. The van der Waals surface area contributed by atoms with Crippen molar-refractivity contribution in [2.45, 2.75) is 26.4 Å². The summed E-state index contributed by atoms with van der Waals surface area (Å²) in [5.41, 5.74) is 3.63. The number of aryl methyl sites for hydroxylation is 2. The molecule has 96 valence electrons. The lowest BCUT2D eigenvalue weighted by Crippen LogP contribution is -2.03. The van der Waals surface area contributed by atoms with Crippen LogP contribution in [0.15, 0.2) is 29.6 Å². The number of methoxy groups -OCH3 is 1. The van der Waals surface area contributed by atoms with Crippen LogP contribution >= 0.6 is 11.3 Å². The van der Waals surface area contributed by atoms with Gasteiger partial charge >= 0.3 is 0 Å². The third kappa shape index (κ3) is 2.74. The SMILES string of the molecule is COc1ccsc1C(O)Cc1cc(C)ccc1C. The quantitative estimate of drug-likeness (QED) is 0.911. The molecule has 1 aromatic carbocycles. The molecule has 1 unspecified atom stereocenters. The second-order valence-electron chi connectivity index (χ2n) is 4.50. The number of aliphatic hydroxyl groups is 1. The highest BCUT2D eigenvalue weighted by Crippen LogP contribution is 2.33. The number of ether oxygens (including phenoxy) is 1. The van der Waals surface area contributed by atoms with E-state index in [0.29, 0.717) is 6.42 Å². The van der Waals surface area contributed by atoms with Crippen molar-refractivity contribution in [1.82, 2.24) is 0 Å². The Labute approximate surface area is 112 Å². The van der Waals surface area contributed by atoms with Gasteiger partial charge in [-0.1, -0.05) is 23.8 Å². The Morgan fingerprint density at radius 3 is 2.78 bits per heavy atom. The summed E-state index contributed by atoms with van der Waals surface area (Å²) < 4.78 is 5.25. The van der Waals surface area contributed by atoms with Crippen molar-refractivity contribution in [1.29, 1.82) is 0 Å². The first-order chi connectivity index (χ1) is 8.61. The third-order valence-corrected chi connectivity index (χ3v) is 4.10. The average Bonchev–Trinajstić information content (AvgIpc) is 2.82. The molecule has 0 radical (unpaired) electrons. The van der Waals surface area contributed by atoms with E-state index < -0.39 is 6.10 Å². The van der Waals surface area contributed by atoms with Gasteiger partial charge in [-0.15, -0.1) is 11.3 Å². The fraction of sp³-hybridized carbons (Fsp3) is 0.333. The van der Waals surface area contributed by atoms with Gasteiger partial charge in [0.2, 0.25) is 0 Å². The van der Waals surface area contributed by atoms with Crippen LogP contribution in [0.2, 0.25) is 0 Å². The van der Waals surface area contributed by atoms with Gasteiger partial charge in [0, 0.05) is 6.42 Å². The zero-order valence-corrected chi connectivity index (χ0v) is 11.8. The highest BCUT2D eigenvalue weighted by atomic mass is 32.1. The Kier molecular flexibility index (Phi) is 4.04. The molecule has 0 bridgehead atoms. The second kappa shape index (κ2) is 5.55. The zero-order chi connectivity index (χ0) is 13.1. The normalized spacial score (nSPS) is 12.4. The van der Waals surface area contributed by atoms with Crippen LogP contribution in [0.3, 0.4) is 0 Å². The zero-order valence-electron chi connectivity index (χ0n) is 10.9. The molecule has 0 aliphatic carbocycles. The van der Waals surface area contributed by atoms with Gasteiger partial charge < -0.3 is 9.84 Å². The van der Waals surface area contributed by atoms with E-state index in [2.05, 4.69) is 32.0 Å². The highest BCUT2D eigenvalue weighted by molar-refractivity contribution is 7.10. The molecule has 0 fully saturated rings. The van der Waals surface area contributed by atoms with Crippen molar-refractivity contribution in [3.05, 3.63) is 51.2 Å². The summed E-state index contributed by atoms with van der Waals surface area (Å²) in [5, 5.41) is 12.3. The van der Waals surface area contributed by atoms with Crippen LogP contribution in [0.25, 0.3) is 0 Å². The standard InChI is InChI=1S/C15H18O2S/c1-10-4-5-11(2)12(8-10)9-13(16)15-14(17-3)6-7-18-15/h4-8,13,16H,9H2,1-3H3. The molecule has 2 aromatic rings. The van der Waals surface area contributed by atoms with E-state index in [1.54, 1.807) is 7.11 Å². The van der Waals surface area contributed by atoms with Gasteiger partial charge in [-0.05, 0) is 36.4 Å². The fourth-order valence-electron chi connectivity index (χ4n) is 2.04. The summed E-state index contributed by atoms with van der Waals surface area (Å²) in [6.07, 6.45) is 0.130. The largest absolute Gasteiger partial charge is 0.495 e. The predicted molar refractivity (Wildman–Crippen MR) is 75.5 cm³/mol. The molecule has 1 N–H and O–H groups in total. The molecular formula is C15H18O2S. The van der Waals surface area contributed by atoms with Crippen molar-refractivity contribution in [2.24, 2.45) is 0 Å². The van der Waals surface area contributed by atoms with Gasteiger partial charge in [-0.25, -0.2) is 0 Å². The molecule has 0 aliphatic heterocycles. The molecule has 2 rings (SSSR count). The molecule has 1 aromatic heterocycles. The first-order valence-electron chi connectivity index (χ1n) is 5.97. The number of aliphatic hydroxyl groups excluding tert-OH is 1. The minimum absolute atomic E-state index is 0.500. The molecule has 1 atom stereocenters. The maximum Gasteiger partial charge on any atom is 0.135 e. The number of hydrogen-bond donors (Lipinski definition) is 1. The maximum absolute atomic E-state index is 10.3. The van der Waals surface area contributed by atoms with Crippen LogP contribution < -0.4 is 4.74 Å². The van der Waals surface area contributed by atoms with E-state index in [0.717, 1.165) is 10.6 Å². The van der Waals surface area contributed by atoms with Crippen molar-refractivity contribution in [3.63, 3.8) is 0 Å². The monoisotopic (exact) mass is 262 g/mol. The molecule has 0 spiro atoms. The Morgan fingerprint density at radius 2 is 2.06 bits per heavy atom. The van der Waals surface area contributed by atoms with Crippen molar-refractivity contribution < 1.29 is 9.84 Å². The van der Waals surface area contributed by atoms with Crippen LogP contribution in [0, 0.1) is 13.8 Å². The summed E-state index contributed by atoms with van der Waals surface area (Å²) >= 11 is 1.54. The Morgan fingerprint density at radius 1 is 1.28 bits per heavy atom. The van der Waals surface area contributed by atoms with E-state index in [1.165, 1.54) is 28.0 Å². The average molecular weight is 262 g/mol. The van der Waals surface area contributed by atoms with E-state index in [1.807, 2.05) is 11.4 Å². The summed E-state index contributed by atoms with van der Waals surface area (Å²) in [4.78, 5) is 0.901. The van der Waals surface area contributed by atoms with E-state index >= 15 is 0 Å². The Bertz CT molecular complexity index is 531. The first kappa shape index (κ1) is 13.1. The van der Waals surface area contributed by atoms with Crippen LogP contribution in [0.5, 0.6) is 5.75 Å². The molecule has 0 amide bonds. The van der Waals surface area contributed by atoms with Gasteiger partial charge in [0.05, 0.1) is 18.1 Å². The lowest BCUT2D eigenvalue weighted by atomic mass is 9.99. The summed E-state index contributed by atoms with van der Waals surface area (Å²) in [6.45, 7) is 4.15. The number of rotatable bonds is 4. The van der Waals surface area contributed by atoms with Gasteiger partial charge in [0.25, 0.3) is 0 Å². The van der Waals surface area contributed by atoms with E-state index in [4.69, 9.17) is 4.74 Å². The molecule has 2 nitrogen and oxygen atoms in total. The van der Waals surface area contributed by atoms with Crippen molar-refractivity contribution >= 4 is 11.3 Å². The van der Waals surface area contributed by atoms with Gasteiger partial charge in [0.1, 0.15) is 5.75 Å². The number of thiophene rings is 1. The predicted octanol–water partition coefficient (Wildman–Crippen LogP) is 3.65. The van der Waals surface area contributed by atoms with Crippen LogP contribution in [-0.2, 0) is 6.42 Å². The van der Waals surface area contributed by atoms with Crippen molar-refractivity contribution in [3.8, 4) is 5.75 Å². The van der Waals surface area contributed by atoms with Crippen LogP contribution in [-0.4, -0.2) is 12.2 Å². The van der Waals surface area contributed by atoms with Crippen LogP contribution in [0.1, 0.15) is 27.7 Å². The topological polar surface area (TPSA) is 29.5 Å². The summed E-state index contributed by atoms with van der Waals surface area (Å²) in [6, 6.07) is 8.23. The minimum Gasteiger partial charge on any atom is -0.495 e. The second-order valence-corrected chi connectivity index (χ2v) is 5.45. The lowest BCUT2D eigenvalue weighted by Gasteiger charge is -2.13. The lowest BCUT2D eigenvalue weighted by molar-refractivity contribution is 0.178. The molecule has 1 heterocycles. The highest BCUT2D eigenvalue weighted by Gasteiger charge is 2.16. The molecule has 0 saturated heterocycles. The Balaban J connectivity index is 2.21. The molecule has 0 aliphatic rings. The third-order valence-electron chi connectivity index (χ3n) is 3.10. The minimum atomic E-state index is -0.500. The van der Waals surface area contributed by atoms with Gasteiger partial charge in [-0.2, -0.15) is 0 Å². The maximum atomic E-state index is 10.3. The molecule has 3 heteroatoms. The van der Waals surface area contributed by atoms with Gasteiger partial charge in [-0.3, -0.25) is 0 Å². The van der Waals surface area contributed by atoms with Crippen molar-refractivity contribution in [2.75, 3.05) is 7.11 Å². The smallest absolute Gasteiger partial charge is 0.135 e. The molecular weight excluding hydrogens is 244 g/mol. The summed E-state index contributed by atoms with van der Waals surface area (Å²) in [5.74, 6) is 0.776. The Hall–Kier alpha value is -1.32. The number of benzene rings is 1.